The second-order valence-electron chi connectivity index (χ2n) is 6.96. The number of fused-ring (bicyclic) bond motifs is 2. The molecule has 26 heavy (non-hydrogen) atoms. The molecule has 2 bridgehead atoms. The SMILES string of the molecule is Cc1cc(N2C[C@@H]3C[C@H]2CN3C(=O)c2ccc(=O)[nH]c2)nc(C)c1C#N. The van der Waals surface area contributed by atoms with E-state index in [4.69, 9.17) is 0 Å². The summed E-state index contributed by atoms with van der Waals surface area (Å²) in [6, 6.07) is 7.47. The number of rotatable bonds is 2. The van der Waals surface area contributed by atoms with E-state index in [0.717, 1.165) is 30.0 Å². The maximum atomic E-state index is 12.7. The van der Waals surface area contributed by atoms with Crippen molar-refractivity contribution in [1.29, 1.82) is 5.26 Å². The summed E-state index contributed by atoms with van der Waals surface area (Å²) in [5, 5.41) is 9.21. The summed E-state index contributed by atoms with van der Waals surface area (Å²) in [5.41, 5.74) is 2.60. The first-order chi connectivity index (χ1) is 12.5. The Morgan fingerprint density at radius 1 is 1.31 bits per heavy atom. The van der Waals surface area contributed by atoms with E-state index in [1.807, 2.05) is 24.8 Å². The Morgan fingerprint density at radius 2 is 2.12 bits per heavy atom. The van der Waals surface area contributed by atoms with Gasteiger partial charge in [0.15, 0.2) is 0 Å². The predicted octanol–water partition coefficient (Wildman–Crippen LogP) is 1.36. The normalized spacial score (nSPS) is 21.1. The number of anilines is 1. The van der Waals surface area contributed by atoms with Crippen molar-refractivity contribution in [3.63, 3.8) is 0 Å². The molecule has 4 rings (SSSR count). The lowest BCUT2D eigenvalue weighted by Gasteiger charge is -2.35. The zero-order valence-electron chi connectivity index (χ0n) is 14.7. The molecule has 0 aliphatic carbocycles. The Bertz CT molecular complexity index is 947. The topological polar surface area (TPSA) is 93.1 Å². The lowest BCUT2D eigenvalue weighted by Crippen LogP contribution is -2.49. The number of aromatic nitrogens is 2. The van der Waals surface area contributed by atoms with Crippen LogP contribution in [-0.4, -0.2) is 45.9 Å². The Hall–Kier alpha value is -3.14. The van der Waals surface area contributed by atoms with Gasteiger partial charge in [-0.3, -0.25) is 9.59 Å². The number of nitriles is 1. The Morgan fingerprint density at radius 3 is 2.69 bits per heavy atom. The number of likely N-dealkylation sites (tertiary alicyclic amines) is 1. The van der Waals surface area contributed by atoms with Crippen LogP contribution in [0.25, 0.3) is 0 Å². The molecule has 1 amide bonds. The average molecular weight is 349 g/mol. The third kappa shape index (κ3) is 2.54. The Balaban J connectivity index is 1.54. The number of piperazine rings is 1. The van der Waals surface area contributed by atoms with Crippen LogP contribution in [0.15, 0.2) is 29.2 Å². The molecule has 0 spiro atoms. The molecule has 132 valence electrons. The number of H-pyrrole nitrogens is 1. The van der Waals surface area contributed by atoms with E-state index >= 15 is 0 Å². The van der Waals surface area contributed by atoms with E-state index in [-0.39, 0.29) is 23.6 Å². The zero-order valence-corrected chi connectivity index (χ0v) is 14.7. The van der Waals surface area contributed by atoms with Gasteiger partial charge in [0.25, 0.3) is 5.91 Å². The molecule has 2 aromatic rings. The minimum atomic E-state index is -0.215. The van der Waals surface area contributed by atoms with Gasteiger partial charge in [0.2, 0.25) is 5.56 Å². The molecule has 0 aromatic carbocycles. The number of amides is 1. The lowest BCUT2D eigenvalue weighted by atomic mass is 10.1. The van der Waals surface area contributed by atoms with Gasteiger partial charge in [-0.05, 0) is 38.0 Å². The average Bonchev–Trinajstić information content (AvgIpc) is 3.22. The minimum Gasteiger partial charge on any atom is -0.350 e. The van der Waals surface area contributed by atoms with Crippen molar-refractivity contribution in [2.24, 2.45) is 0 Å². The number of aryl methyl sites for hydroxylation is 2. The first-order valence-electron chi connectivity index (χ1n) is 8.62. The summed E-state index contributed by atoms with van der Waals surface area (Å²) < 4.78 is 0. The van der Waals surface area contributed by atoms with Crippen molar-refractivity contribution >= 4 is 11.7 Å². The highest BCUT2D eigenvalue weighted by Crippen LogP contribution is 2.35. The van der Waals surface area contributed by atoms with Gasteiger partial charge in [-0.2, -0.15) is 5.26 Å². The van der Waals surface area contributed by atoms with E-state index in [2.05, 4.69) is 20.9 Å². The Labute approximate surface area is 150 Å². The molecule has 1 N–H and O–H groups in total. The molecule has 2 atom stereocenters. The summed E-state index contributed by atoms with van der Waals surface area (Å²) >= 11 is 0. The molecule has 4 heterocycles. The van der Waals surface area contributed by atoms with Crippen LogP contribution in [0.4, 0.5) is 5.82 Å². The second kappa shape index (κ2) is 5.99. The number of aromatic amines is 1. The summed E-state index contributed by atoms with van der Waals surface area (Å²) in [4.78, 5) is 35.2. The van der Waals surface area contributed by atoms with Crippen molar-refractivity contribution < 1.29 is 4.79 Å². The molecule has 2 aliphatic rings. The van der Waals surface area contributed by atoms with Crippen LogP contribution in [0, 0.1) is 25.2 Å². The largest absolute Gasteiger partial charge is 0.350 e. The van der Waals surface area contributed by atoms with Crippen LogP contribution in [0.1, 0.15) is 33.6 Å². The summed E-state index contributed by atoms with van der Waals surface area (Å²) in [6.45, 7) is 5.16. The monoisotopic (exact) mass is 349 g/mol. The number of hydrogen-bond acceptors (Lipinski definition) is 5. The quantitative estimate of drug-likeness (QED) is 0.884. The summed E-state index contributed by atoms with van der Waals surface area (Å²) in [6.07, 6.45) is 2.39. The van der Waals surface area contributed by atoms with Gasteiger partial charge in [0.05, 0.1) is 28.9 Å². The second-order valence-corrected chi connectivity index (χ2v) is 6.96. The van der Waals surface area contributed by atoms with Crippen molar-refractivity contribution in [3.8, 4) is 6.07 Å². The smallest absolute Gasteiger partial charge is 0.255 e. The van der Waals surface area contributed by atoms with E-state index in [0.29, 0.717) is 17.7 Å². The highest BCUT2D eigenvalue weighted by molar-refractivity contribution is 5.94. The number of hydrogen-bond donors (Lipinski definition) is 1. The van der Waals surface area contributed by atoms with E-state index in [1.165, 1.54) is 12.3 Å². The van der Waals surface area contributed by atoms with Crippen molar-refractivity contribution in [2.45, 2.75) is 32.4 Å². The Kier molecular flexibility index (Phi) is 3.76. The molecule has 0 saturated carbocycles. The number of nitrogens with one attached hydrogen (secondary N) is 1. The zero-order chi connectivity index (χ0) is 18.4. The van der Waals surface area contributed by atoms with Gasteiger partial charge < -0.3 is 14.8 Å². The fourth-order valence-corrected chi connectivity index (χ4v) is 4.03. The molecule has 7 nitrogen and oxygen atoms in total. The van der Waals surface area contributed by atoms with E-state index < -0.39 is 0 Å². The molecule has 2 aliphatic heterocycles. The third-order valence-electron chi connectivity index (χ3n) is 5.32. The van der Waals surface area contributed by atoms with E-state index in [9.17, 15) is 14.9 Å². The van der Waals surface area contributed by atoms with E-state index in [1.54, 1.807) is 6.07 Å². The minimum absolute atomic E-state index is 0.0476. The number of pyridine rings is 2. The fraction of sp³-hybridized carbons (Fsp3) is 0.368. The van der Waals surface area contributed by atoms with Gasteiger partial charge in [-0.25, -0.2) is 4.98 Å². The molecular weight excluding hydrogens is 330 g/mol. The molecular formula is C19H19N5O2. The predicted molar refractivity (Wildman–Crippen MR) is 96.1 cm³/mol. The standard InChI is InChI=1S/C19H19N5O2/c1-11-5-17(22-12(2)16(11)7-20)23-9-15-6-14(23)10-24(15)19(26)13-3-4-18(25)21-8-13/h3-5,8,14-15H,6,9-10H2,1-2H3,(H,21,25)/t14-,15-/m0/s1. The van der Waals surface area contributed by atoms with Gasteiger partial charge in [0, 0.05) is 25.4 Å². The maximum absolute atomic E-state index is 12.7. The van der Waals surface area contributed by atoms with Gasteiger partial charge in [0.1, 0.15) is 11.9 Å². The van der Waals surface area contributed by atoms with Crippen LogP contribution in [0.2, 0.25) is 0 Å². The summed E-state index contributed by atoms with van der Waals surface area (Å²) in [5.74, 6) is 0.830. The fourth-order valence-electron chi connectivity index (χ4n) is 4.03. The highest BCUT2D eigenvalue weighted by atomic mass is 16.2. The molecule has 2 fully saturated rings. The maximum Gasteiger partial charge on any atom is 0.255 e. The summed E-state index contributed by atoms with van der Waals surface area (Å²) in [7, 11) is 0. The van der Waals surface area contributed by atoms with Crippen LogP contribution >= 0.6 is 0 Å². The van der Waals surface area contributed by atoms with Crippen LogP contribution in [0.5, 0.6) is 0 Å². The van der Waals surface area contributed by atoms with Gasteiger partial charge in [-0.1, -0.05) is 0 Å². The van der Waals surface area contributed by atoms with Crippen LogP contribution < -0.4 is 10.5 Å². The van der Waals surface area contributed by atoms with Crippen LogP contribution in [-0.2, 0) is 0 Å². The number of carbonyl (C=O) groups is 1. The van der Waals surface area contributed by atoms with Gasteiger partial charge >= 0.3 is 0 Å². The van der Waals surface area contributed by atoms with Crippen LogP contribution in [0.3, 0.4) is 0 Å². The molecule has 2 saturated heterocycles. The highest BCUT2D eigenvalue weighted by Gasteiger charge is 2.46. The van der Waals surface area contributed by atoms with Crippen molar-refractivity contribution in [3.05, 3.63) is 57.1 Å². The molecule has 2 aromatic heterocycles. The number of carbonyl (C=O) groups excluding carboxylic acids is 1. The lowest BCUT2D eigenvalue weighted by molar-refractivity contribution is 0.0725. The molecule has 0 radical (unpaired) electrons. The molecule has 0 unspecified atom stereocenters. The van der Waals surface area contributed by atoms with Crippen molar-refractivity contribution in [2.75, 3.05) is 18.0 Å². The van der Waals surface area contributed by atoms with Gasteiger partial charge in [-0.15, -0.1) is 0 Å². The third-order valence-corrected chi connectivity index (χ3v) is 5.32. The molecule has 7 heteroatoms. The number of nitrogens with zero attached hydrogens (tertiary/aromatic N) is 4. The first-order valence-corrected chi connectivity index (χ1v) is 8.62. The first kappa shape index (κ1) is 16.3. The van der Waals surface area contributed by atoms with Crippen molar-refractivity contribution in [1.82, 2.24) is 14.9 Å².